The molecule has 10 heteroatoms. The zero-order valence-electron chi connectivity index (χ0n) is 17.0. The van der Waals surface area contributed by atoms with Crippen molar-refractivity contribution in [3.05, 3.63) is 59.1 Å². The molecule has 0 atom stereocenters. The van der Waals surface area contributed by atoms with Gasteiger partial charge in [-0.1, -0.05) is 23.7 Å². The van der Waals surface area contributed by atoms with E-state index in [9.17, 15) is 0 Å². The number of methoxy groups -OCH3 is 1. The molecule has 1 aliphatic rings. The van der Waals surface area contributed by atoms with Gasteiger partial charge in [0.05, 0.1) is 26.5 Å². The van der Waals surface area contributed by atoms with E-state index in [1.807, 2.05) is 48.5 Å². The topological polar surface area (TPSA) is 96.8 Å². The maximum Gasteiger partial charge on any atom is 0.250 e. The third kappa shape index (κ3) is 5.80. The minimum absolute atomic E-state index is 0.325. The third-order valence-electron chi connectivity index (χ3n) is 4.49. The quantitative estimate of drug-likeness (QED) is 0.426. The summed E-state index contributed by atoms with van der Waals surface area (Å²) < 4.78 is 10.6. The zero-order chi connectivity index (χ0) is 21.5. The van der Waals surface area contributed by atoms with Gasteiger partial charge in [0.15, 0.2) is 0 Å². The molecule has 0 aliphatic carbocycles. The van der Waals surface area contributed by atoms with Gasteiger partial charge in [-0.15, -0.1) is 0 Å². The van der Waals surface area contributed by atoms with E-state index >= 15 is 0 Å². The van der Waals surface area contributed by atoms with Crippen molar-refractivity contribution in [2.24, 2.45) is 5.10 Å². The number of nitrogens with zero attached hydrogens (tertiary/aromatic N) is 5. The minimum Gasteiger partial charge on any atom is -0.497 e. The van der Waals surface area contributed by atoms with Crippen LogP contribution in [-0.4, -0.2) is 54.6 Å². The Hall–Kier alpha value is -3.43. The highest BCUT2D eigenvalue weighted by molar-refractivity contribution is 6.30. The summed E-state index contributed by atoms with van der Waals surface area (Å²) in [5.41, 5.74) is 4.57. The van der Waals surface area contributed by atoms with Crippen LogP contribution in [0.4, 0.5) is 23.5 Å². The summed E-state index contributed by atoms with van der Waals surface area (Å²) >= 11 is 6.02. The molecule has 2 aromatic carbocycles. The number of hydrogen-bond donors (Lipinski definition) is 2. The van der Waals surface area contributed by atoms with E-state index in [1.54, 1.807) is 13.3 Å². The lowest BCUT2D eigenvalue weighted by molar-refractivity contribution is 0.122. The molecule has 3 aromatic rings. The predicted molar refractivity (Wildman–Crippen MR) is 122 cm³/mol. The molecule has 2 N–H and O–H groups in total. The van der Waals surface area contributed by atoms with Crippen molar-refractivity contribution in [2.75, 3.05) is 49.1 Å². The van der Waals surface area contributed by atoms with Crippen LogP contribution in [0.25, 0.3) is 0 Å². The van der Waals surface area contributed by atoms with Gasteiger partial charge in [0.2, 0.25) is 17.8 Å². The van der Waals surface area contributed by atoms with Crippen LogP contribution in [-0.2, 0) is 4.74 Å². The Morgan fingerprint density at radius 1 is 1.06 bits per heavy atom. The van der Waals surface area contributed by atoms with Crippen LogP contribution in [0, 0.1) is 0 Å². The number of nitrogens with one attached hydrogen (secondary N) is 2. The lowest BCUT2D eigenvalue weighted by Gasteiger charge is -2.27. The molecule has 1 saturated heterocycles. The summed E-state index contributed by atoms with van der Waals surface area (Å²) in [5.74, 6) is 2.05. The van der Waals surface area contributed by atoms with Gasteiger partial charge in [-0.2, -0.15) is 20.1 Å². The Balaban J connectivity index is 1.56. The number of halogens is 1. The number of anilines is 4. The molecule has 31 heavy (non-hydrogen) atoms. The normalized spacial score (nSPS) is 13.9. The molecule has 0 unspecified atom stereocenters. The first-order valence-corrected chi connectivity index (χ1v) is 10.1. The van der Waals surface area contributed by atoms with Crippen LogP contribution in [0.1, 0.15) is 5.56 Å². The molecule has 2 heterocycles. The number of benzene rings is 2. The van der Waals surface area contributed by atoms with Crippen molar-refractivity contribution in [3.63, 3.8) is 0 Å². The maximum absolute atomic E-state index is 6.02. The van der Waals surface area contributed by atoms with Crippen molar-refractivity contribution in [1.29, 1.82) is 0 Å². The van der Waals surface area contributed by atoms with Crippen LogP contribution < -0.4 is 20.4 Å². The molecule has 1 aliphatic heterocycles. The van der Waals surface area contributed by atoms with Crippen molar-refractivity contribution >= 4 is 41.3 Å². The summed E-state index contributed by atoms with van der Waals surface area (Å²) in [6.07, 6.45) is 1.65. The Kier molecular flexibility index (Phi) is 6.75. The summed E-state index contributed by atoms with van der Waals surface area (Å²) in [4.78, 5) is 15.6. The fourth-order valence-corrected chi connectivity index (χ4v) is 3.13. The molecule has 0 amide bonds. The molecule has 160 valence electrons. The lowest BCUT2D eigenvalue weighted by Crippen LogP contribution is -2.37. The van der Waals surface area contributed by atoms with Crippen molar-refractivity contribution in [2.45, 2.75) is 0 Å². The second-order valence-electron chi connectivity index (χ2n) is 6.66. The largest absolute Gasteiger partial charge is 0.497 e. The Bertz CT molecular complexity index is 1040. The van der Waals surface area contributed by atoms with Gasteiger partial charge in [0.1, 0.15) is 5.75 Å². The van der Waals surface area contributed by atoms with Gasteiger partial charge in [0, 0.05) is 23.8 Å². The summed E-state index contributed by atoms with van der Waals surface area (Å²) in [6, 6.07) is 14.9. The van der Waals surface area contributed by atoms with Crippen molar-refractivity contribution in [3.8, 4) is 5.75 Å². The van der Waals surface area contributed by atoms with E-state index in [0.717, 1.165) is 17.0 Å². The second-order valence-corrected chi connectivity index (χ2v) is 7.10. The Labute approximate surface area is 185 Å². The van der Waals surface area contributed by atoms with Gasteiger partial charge in [-0.05, 0) is 42.0 Å². The number of ether oxygens (including phenoxy) is 2. The minimum atomic E-state index is 0.325. The van der Waals surface area contributed by atoms with E-state index < -0.39 is 0 Å². The second kappa shape index (κ2) is 10.1. The van der Waals surface area contributed by atoms with Gasteiger partial charge in [-0.3, -0.25) is 0 Å². The van der Waals surface area contributed by atoms with Gasteiger partial charge >= 0.3 is 0 Å². The van der Waals surface area contributed by atoms with Crippen LogP contribution in [0.2, 0.25) is 5.02 Å². The highest BCUT2D eigenvalue weighted by Gasteiger charge is 2.16. The molecule has 4 rings (SSSR count). The summed E-state index contributed by atoms with van der Waals surface area (Å²) in [7, 11) is 1.63. The van der Waals surface area contributed by atoms with Gasteiger partial charge in [0.25, 0.3) is 0 Å². The van der Waals surface area contributed by atoms with E-state index in [1.165, 1.54) is 0 Å². The van der Waals surface area contributed by atoms with E-state index in [0.29, 0.717) is 49.2 Å². The fraction of sp³-hybridized carbons (Fsp3) is 0.238. The molecular formula is C21H22ClN7O2. The fourth-order valence-electron chi connectivity index (χ4n) is 2.93. The first-order chi connectivity index (χ1) is 15.2. The molecule has 0 saturated carbocycles. The average Bonchev–Trinajstić information content (AvgIpc) is 2.80. The molecule has 1 aromatic heterocycles. The highest BCUT2D eigenvalue weighted by atomic mass is 35.5. The zero-order valence-corrected chi connectivity index (χ0v) is 17.7. The first-order valence-electron chi connectivity index (χ1n) is 9.74. The molecule has 0 spiro atoms. The number of aromatic nitrogens is 3. The summed E-state index contributed by atoms with van der Waals surface area (Å²) in [5, 5.41) is 8.09. The van der Waals surface area contributed by atoms with E-state index in [2.05, 4.69) is 35.7 Å². The van der Waals surface area contributed by atoms with E-state index in [4.69, 9.17) is 21.1 Å². The smallest absolute Gasteiger partial charge is 0.250 e. The monoisotopic (exact) mass is 439 g/mol. The molecule has 9 nitrogen and oxygen atoms in total. The van der Waals surface area contributed by atoms with Crippen LogP contribution in [0.3, 0.4) is 0 Å². The van der Waals surface area contributed by atoms with Crippen molar-refractivity contribution < 1.29 is 9.47 Å². The van der Waals surface area contributed by atoms with E-state index in [-0.39, 0.29) is 0 Å². The number of rotatable bonds is 7. The standard InChI is InChI=1S/C21H22ClN7O2/c1-30-18-7-5-17(6-8-18)24-19-25-20(27-21(26-19)29-9-11-31-12-10-29)28-23-14-15-3-2-4-16(22)13-15/h2-8,13-14H,9-12H2,1H3,(H2,24,25,26,27,28)/b23-14+. The Morgan fingerprint density at radius 3 is 2.58 bits per heavy atom. The molecule has 0 bridgehead atoms. The lowest BCUT2D eigenvalue weighted by atomic mass is 10.2. The number of morpholine rings is 1. The Morgan fingerprint density at radius 2 is 1.84 bits per heavy atom. The predicted octanol–water partition coefficient (Wildman–Crippen LogP) is 3.56. The van der Waals surface area contributed by atoms with Crippen molar-refractivity contribution in [1.82, 2.24) is 15.0 Å². The maximum atomic E-state index is 6.02. The first kappa shape index (κ1) is 20.8. The molecule has 1 fully saturated rings. The van der Waals surface area contributed by atoms with Crippen LogP contribution in [0.5, 0.6) is 5.75 Å². The average molecular weight is 440 g/mol. The van der Waals surface area contributed by atoms with Gasteiger partial charge in [-0.25, -0.2) is 5.43 Å². The highest BCUT2D eigenvalue weighted by Crippen LogP contribution is 2.21. The SMILES string of the molecule is COc1ccc(Nc2nc(N/N=C/c3cccc(Cl)c3)nc(N3CCOCC3)n2)cc1. The number of hydrogen-bond acceptors (Lipinski definition) is 9. The van der Waals surface area contributed by atoms with Gasteiger partial charge < -0.3 is 19.7 Å². The summed E-state index contributed by atoms with van der Waals surface area (Å²) in [6.45, 7) is 2.67. The third-order valence-corrected chi connectivity index (χ3v) is 4.73. The number of hydrazone groups is 1. The molecular weight excluding hydrogens is 418 g/mol. The van der Waals surface area contributed by atoms with Crippen LogP contribution in [0.15, 0.2) is 53.6 Å². The molecule has 0 radical (unpaired) electrons. The van der Waals surface area contributed by atoms with Crippen LogP contribution >= 0.6 is 11.6 Å².